The standard InChI is InChI=1S/C22H32N2O6/c1-20(2,3)29-18(27)23-14-12-22(13-15-23,17(25)26)24(16-10-8-7-9-11-16)19(28)30-21(4,5)6/h7-11H,12-15H2,1-6H3,(H,25,26). The van der Waals surface area contributed by atoms with Crippen LogP contribution in [0.1, 0.15) is 54.4 Å². The molecule has 1 aliphatic rings. The minimum absolute atomic E-state index is 0.0513. The van der Waals surface area contributed by atoms with Crippen molar-refractivity contribution >= 4 is 23.8 Å². The highest BCUT2D eigenvalue weighted by Gasteiger charge is 2.51. The Balaban J connectivity index is 2.36. The predicted octanol–water partition coefficient (Wildman–Crippen LogP) is 4.28. The van der Waals surface area contributed by atoms with Gasteiger partial charge >= 0.3 is 18.2 Å². The Morgan fingerprint density at radius 1 is 0.933 bits per heavy atom. The summed E-state index contributed by atoms with van der Waals surface area (Å²) in [6, 6.07) is 8.61. The maximum absolute atomic E-state index is 13.1. The molecule has 2 amide bonds. The molecule has 1 aromatic carbocycles. The van der Waals surface area contributed by atoms with E-state index in [1.54, 1.807) is 71.9 Å². The van der Waals surface area contributed by atoms with E-state index in [1.807, 2.05) is 0 Å². The van der Waals surface area contributed by atoms with Gasteiger partial charge in [0.25, 0.3) is 0 Å². The fraction of sp³-hybridized carbons (Fsp3) is 0.591. The number of benzene rings is 1. The Morgan fingerprint density at radius 2 is 1.43 bits per heavy atom. The third-order valence-corrected chi connectivity index (χ3v) is 4.66. The summed E-state index contributed by atoms with van der Waals surface area (Å²) in [6.45, 7) is 10.8. The number of hydrogen-bond acceptors (Lipinski definition) is 5. The van der Waals surface area contributed by atoms with Crippen molar-refractivity contribution in [1.82, 2.24) is 4.90 Å². The van der Waals surface area contributed by atoms with Crippen LogP contribution in [-0.2, 0) is 14.3 Å². The summed E-state index contributed by atoms with van der Waals surface area (Å²) in [5.41, 5.74) is -2.55. The third-order valence-electron chi connectivity index (χ3n) is 4.66. The van der Waals surface area contributed by atoms with Crippen molar-refractivity contribution in [2.75, 3.05) is 18.0 Å². The number of carbonyl (C=O) groups is 3. The first-order valence-corrected chi connectivity index (χ1v) is 10.0. The lowest BCUT2D eigenvalue weighted by Gasteiger charge is -2.45. The molecule has 1 N–H and O–H groups in total. The van der Waals surface area contributed by atoms with Gasteiger partial charge in [-0.25, -0.2) is 14.4 Å². The van der Waals surface area contributed by atoms with Crippen molar-refractivity contribution in [3.05, 3.63) is 30.3 Å². The molecule has 1 heterocycles. The molecule has 1 fully saturated rings. The van der Waals surface area contributed by atoms with E-state index in [2.05, 4.69) is 0 Å². The first-order chi connectivity index (χ1) is 13.8. The Kier molecular flexibility index (Phi) is 6.69. The number of carboxylic acid groups (broad SMARTS) is 1. The lowest BCUT2D eigenvalue weighted by molar-refractivity contribution is -0.145. The zero-order valence-electron chi connectivity index (χ0n) is 18.6. The highest BCUT2D eigenvalue weighted by Crippen LogP contribution is 2.35. The molecule has 0 atom stereocenters. The number of likely N-dealkylation sites (tertiary alicyclic amines) is 1. The predicted molar refractivity (Wildman–Crippen MR) is 113 cm³/mol. The fourth-order valence-electron chi connectivity index (χ4n) is 3.33. The first kappa shape index (κ1) is 23.5. The molecule has 166 valence electrons. The van der Waals surface area contributed by atoms with Gasteiger partial charge in [-0.1, -0.05) is 18.2 Å². The highest BCUT2D eigenvalue weighted by molar-refractivity contribution is 5.98. The number of piperidine rings is 1. The topological polar surface area (TPSA) is 96.4 Å². The molecule has 0 bridgehead atoms. The second-order valence-corrected chi connectivity index (χ2v) is 9.46. The van der Waals surface area contributed by atoms with Gasteiger partial charge in [-0.05, 0) is 66.5 Å². The molecule has 0 radical (unpaired) electrons. The van der Waals surface area contributed by atoms with Gasteiger partial charge in [0.05, 0.1) is 0 Å². The molecular formula is C22H32N2O6. The van der Waals surface area contributed by atoms with Crippen LogP contribution in [0.3, 0.4) is 0 Å². The molecule has 1 aromatic rings. The summed E-state index contributed by atoms with van der Waals surface area (Å²) in [6.07, 6.45) is -1.13. The summed E-state index contributed by atoms with van der Waals surface area (Å²) in [4.78, 5) is 40.7. The summed E-state index contributed by atoms with van der Waals surface area (Å²) in [7, 11) is 0. The van der Waals surface area contributed by atoms with E-state index in [1.165, 1.54) is 9.80 Å². The molecule has 0 aliphatic carbocycles. The number of rotatable bonds is 3. The van der Waals surface area contributed by atoms with Gasteiger partial charge in [-0.2, -0.15) is 0 Å². The van der Waals surface area contributed by atoms with Crippen LogP contribution in [-0.4, -0.2) is 58.0 Å². The number of para-hydroxylation sites is 1. The molecule has 0 aromatic heterocycles. The quantitative estimate of drug-likeness (QED) is 0.784. The molecule has 8 nitrogen and oxygen atoms in total. The van der Waals surface area contributed by atoms with Crippen molar-refractivity contribution in [2.45, 2.75) is 71.1 Å². The second-order valence-electron chi connectivity index (χ2n) is 9.46. The van der Waals surface area contributed by atoms with Gasteiger partial charge in [0, 0.05) is 18.8 Å². The number of amides is 2. The van der Waals surface area contributed by atoms with Gasteiger partial charge in [0.1, 0.15) is 11.2 Å². The summed E-state index contributed by atoms with van der Waals surface area (Å²) in [5.74, 6) is -1.14. The Hall–Kier alpha value is -2.77. The average molecular weight is 421 g/mol. The van der Waals surface area contributed by atoms with E-state index in [4.69, 9.17) is 9.47 Å². The van der Waals surface area contributed by atoms with Crippen LogP contribution < -0.4 is 4.90 Å². The lowest BCUT2D eigenvalue weighted by Crippen LogP contribution is -2.63. The number of aliphatic carboxylic acids is 1. The monoisotopic (exact) mass is 420 g/mol. The number of carboxylic acids is 1. The Labute approximate surface area is 177 Å². The number of nitrogens with zero attached hydrogens (tertiary/aromatic N) is 2. The van der Waals surface area contributed by atoms with Crippen molar-refractivity contribution in [3.8, 4) is 0 Å². The smallest absolute Gasteiger partial charge is 0.415 e. The van der Waals surface area contributed by atoms with Crippen LogP contribution in [0.15, 0.2) is 30.3 Å². The first-order valence-electron chi connectivity index (χ1n) is 10.0. The van der Waals surface area contributed by atoms with E-state index < -0.39 is 34.9 Å². The molecule has 8 heteroatoms. The number of hydrogen-bond donors (Lipinski definition) is 1. The second kappa shape index (κ2) is 8.53. The van der Waals surface area contributed by atoms with Gasteiger partial charge in [-0.15, -0.1) is 0 Å². The molecule has 30 heavy (non-hydrogen) atoms. The summed E-state index contributed by atoms with van der Waals surface area (Å²) in [5, 5.41) is 10.2. The van der Waals surface area contributed by atoms with Crippen LogP contribution in [0.5, 0.6) is 0 Å². The molecule has 2 rings (SSSR count). The maximum atomic E-state index is 13.1. The minimum atomic E-state index is -1.54. The molecule has 1 aliphatic heterocycles. The van der Waals surface area contributed by atoms with Crippen molar-refractivity contribution in [3.63, 3.8) is 0 Å². The number of carbonyl (C=O) groups excluding carboxylic acids is 2. The van der Waals surface area contributed by atoms with Crippen molar-refractivity contribution in [2.24, 2.45) is 0 Å². The molecule has 0 saturated carbocycles. The fourth-order valence-corrected chi connectivity index (χ4v) is 3.33. The summed E-state index contributed by atoms with van der Waals surface area (Å²) >= 11 is 0. The molecule has 1 saturated heterocycles. The maximum Gasteiger partial charge on any atom is 0.415 e. The van der Waals surface area contributed by atoms with E-state index in [9.17, 15) is 19.5 Å². The van der Waals surface area contributed by atoms with Crippen LogP contribution in [0.4, 0.5) is 15.3 Å². The van der Waals surface area contributed by atoms with Gasteiger partial charge < -0.3 is 19.5 Å². The van der Waals surface area contributed by atoms with E-state index in [0.717, 1.165) is 0 Å². The van der Waals surface area contributed by atoms with Gasteiger partial charge in [0.2, 0.25) is 0 Å². The van der Waals surface area contributed by atoms with Crippen LogP contribution in [0.25, 0.3) is 0 Å². The largest absolute Gasteiger partial charge is 0.479 e. The zero-order valence-corrected chi connectivity index (χ0v) is 18.6. The van der Waals surface area contributed by atoms with E-state index in [-0.39, 0.29) is 25.9 Å². The Bertz CT molecular complexity index is 771. The van der Waals surface area contributed by atoms with Gasteiger partial charge in [-0.3, -0.25) is 4.90 Å². The van der Waals surface area contributed by atoms with E-state index >= 15 is 0 Å². The van der Waals surface area contributed by atoms with Crippen molar-refractivity contribution in [1.29, 1.82) is 0 Å². The van der Waals surface area contributed by atoms with Crippen LogP contribution >= 0.6 is 0 Å². The average Bonchev–Trinajstić information content (AvgIpc) is 2.60. The third kappa shape index (κ3) is 5.64. The van der Waals surface area contributed by atoms with Crippen LogP contribution in [0, 0.1) is 0 Å². The van der Waals surface area contributed by atoms with E-state index in [0.29, 0.717) is 5.69 Å². The highest BCUT2D eigenvalue weighted by atomic mass is 16.6. The molecular weight excluding hydrogens is 388 g/mol. The normalized spacial score (nSPS) is 16.5. The summed E-state index contributed by atoms with van der Waals surface area (Å²) < 4.78 is 10.9. The molecule has 0 spiro atoms. The van der Waals surface area contributed by atoms with Crippen molar-refractivity contribution < 1.29 is 29.0 Å². The van der Waals surface area contributed by atoms with Gasteiger partial charge in [0.15, 0.2) is 5.54 Å². The zero-order chi connectivity index (χ0) is 22.7. The minimum Gasteiger partial charge on any atom is -0.479 e. The Morgan fingerprint density at radius 3 is 1.87 bits per heavy atom. The number of ether oxygens (including phenoxy) is 2. The SMILES string of the molecule is CC(C)(C)OC(=O)N1CCC(C(=O)O)(N(C(=O)OC(C)(C)C)c2ccccc2)CC1. The van der Waals surface area contributed by atoms with Crippen LogP contribution in [0.2, 0.25) is 0 Å². The molecule has 0 unspecified atom stereocenters. The lowest BCUT2D eigenvalue weighted by atomic mass is 9.85. The number of anilines is 1.